The summed E-state index contributed by atoms with van der Waals surface area (Å²) >= 11 is 0. The van der Waals surface area contributed by atoms with E-state index in [1.807, 2.05) is 18.2 Å². The summed E-state index contributed by atoms with van der Waals surface area (Å²) in [6, 6.07) is 10.8. The Morgan fingerprint density at radius 3 is 2.48 bits per heavy atom. The Morgan fingerprint density at radius 2 is 1.78 bits per heavy atom. The molecular weight excluding hydrogens is 298 g/mol. The molecule has 0 saturated heterocycles. The van der Waals surface area contributed by atoms with Crippen molar-refractivity contribution in [3.63, 3.8) is 0 Å². The second-order valence-corrected chi connectivity index (χ2v) is 4.91. The molecule has 0 aromatic heterocycles. The van der Waals surface area contributed by atoms with Gasteiger partial charge in [-0.05, 0) is 29.8 Å². The highest BCUT2D eigenvalue weighted by Crippen LogP contribution is 2.32. The summed E-state index contributed by atoms with van der Waals surface area (Å²) in [5.74, 6) is 2.06. The molecule has 1 aliphatic rings. The van der Waals surface area contributed by atoms with Crippen molar-refractivity contribution >= 4 is 5.91 Å². The Balaban J connectivity index is 1.75. The highest BCUT2D eigenvalue weighted by Gasteiger charge is 2.18. The number of rotatable bonds is 5. The summed E-state index contributed by atoms with van der Waals surface area (Å²) in [6.07, 6.45) is 0. The maximum Gasteiger partial charge on any atom is 0.259 e. The van der Waals surface area contributed by atoms with E-state index in [-0.39, 0.29) is 12.7 Å². The fraction of sp³-hybridized carbons (Fsp3) is 0.235. The van der Waals surface area contributed by atoms with Gasteiger partial charge in [-0.2, -0.15) is 0 Å². The van der Waals surface area contributed by atoms with E-state index < -0.39 is 0 Å². The number of nitrogens with one attached hydrogen (secondary N) is 1. The van der Waals surface area contributed by atoms with Crippen molar-refractivity contribution in [3.8, 4) is 23.0 Å². The molecule has 1 amide bonds. The number of benzene rings is 2. The summed E-state index contributed by atoms with van der Waals surface area (Å²) in [4.78, 5) is 12.5. The third-order valence-corrected chi connectivity index (χ3v) is 3.54. The zero-order chi connectivity index (χ0) is 16.2. The number of hydrogen-bond acceptors (Lipinski definition) is 5. The zero-order valence-corrected chi connectivity index (χ0v) is 12.9. The number of amides is 1. The van der Waals surface area contributed by atoms with E-state index in [4.69, 9.17) is 18.9 Å². The Hall–Kier alpha value is -2.89. The molecule has 2 aromatic carbocycles. The molecule has 0 saturated carbocycles. The summed E-state index contributed by atoms with van der Waals surface area (Å²) in [5.41, 5.74) is 1.29. The molecule has 0 fully saturated rings. The van der Waals surface area contributed by atoms with Crippen LogP contribution in [0.1, 0.15) is 15.9 Å². The molecule has 6 nitrogen and oxygen atoms in total. The number of carbonyl (C=O) groups is 1. The Bertz CT molecular complexity index is 707. The van der Waals surface area contributed by atoms with Gasteiger partial charge in [-0.3, -0.25) is 4.79 Å². The van der Waals surface area contributed by atoms with Gasteiger partial charge in [0.1, 0.15) is 17.1 Å². The quantitative estimate of drug-likeness (QED) is 0.917. The van der Waals surface area contributed by atoms with Crippen molar-refractivity contribution in [1.82, 2.24) is 5.32 Å². The van der Waals surface area contributed by atoms with E-state index in [0.717, 1.165) is 5.56 Å². The average Bonchev–Trinajstić information content (AvgIpc) is 3.06. The van der Waals surface area contributed by atoms with E-state index in [9.17, 15) is 4.79 Å². The van der Waals surface area contributed by atoms with Gasteiger partial charge in [-0.25, -0.2) is 0 Å². The van der Waals surface area contributed by atoms with E-state index in [2.05, 4.69) is 5.32 Å². The molecule has 0 radical (unpaired) electrons. The van der Waals surface area contributed by atoms with Crippen molar-refractivity contribution in [3.05, 3.63) is 47.5 Å². The van der Waals surface area contributed by atoms with E-state index in [0.29, 0.717) is 35.1 Å². The Kier molecular flexibility index (Phi) is 4.23. The topological polar surface area (TPSA) is 66.0 Å². The van der Waals surface area contributed by atoms with Crippen LogP contribution in [-0.4, -0.2) is 26.9 Å². The van der Waals surface area contributed by atoms with E-state index in [1.54, 1.807) is 18.2 Å². The monoisotopic (exact) mass is 315 g/mol. The normalized spacial score (nSPS) is 11.9. The molecule has 6 heteroatoms. The number of ether oxygens (including phenoxy) is 4. The fourth-order valence-corrected chi connectivity index (χ4v) is 2.40. The van der Waals surface area contributed by atoms with Crippen molar-refractivity contribution in [1.29, 1.82) is 0 Å². The van der Waals surface area contributed by atoms with E-state index >= 15 is 0 Å². The van der Waals surface area contributed by atoms with Crippen LogP contribution >= 0.6 is 0 Å². The molecule has 1 heterocycles. The lowest BCUT2D eigenvalue weighted by atomic mass is 10.1. The Labute approximate surface area is 133 Å². The number of methoxy groups -OCH3 is 2. The van der Waals surface area contributed by atoms with Crippen LogP contribution in [0.4, 0.5) is 0 Å². The smallest absolute Gasteiger partial charge is 0.259 e. The van der Waals surface area contributed by atoms with Gasteiger partial charge < -0.3 is 24.3 Å². The number of fused-ring (bicyclic) bond motifs is 1. The SMILES string of the molecule is COc1cccc(OC)c1C(=O)NCc1ccc2c(c1)OCO2. The summed E-state index contributed by atoms with van der Waals surface area (Å²) in [5, 5.41) is 2.86. The van der Waals surface area contributed by atoms with Gasteiger partial charge in [-0.15, -0.1) is 0 Å². The van der Waals surface area contributed by atoms with E-state index in [1.165, 1.54) is 14.2 Å². The molecule has 3 rings (SSSR count). The number of carbonyl (C=O) groups excluding carboxylic acids is 1. The molecule has 120 valence electrons. The van der Waals surface area contributed by atoms with Crippen LogP contribution in [0.5, 0.6) is 23.0 Å². The minimum atomic E-state index is -0.267. The van der Waals surface area contributed by atoms with Crippen LogP contribution in [-0.2, 0) is 6.54 Å². The molecule has 1 aliphatic heterocycles. The molecule has 2 aromatic rings. The predicted molar refractivity (Wildman–Crippen MR) is 83.3 cm³/mol. The van der Waals surface area contributed by atoms with Crippen molar-refractivity contribution in [2.75, 3.05) is 21.0 Å². The van der Waals surface area contributed by atoms with Gasteiger partial charge in [0.2, 0.25) is 6.79 Å². The average molecular weight is 315 g/mol. The first-order valence-corrected chi connectivity index (χ1v) is 7.10. The molecule has 0 bridgehead atoms. The third-order valence-electron chi connectivity index (χ3n) is 3.54. The standard InChI is InChI=1S/C17H17NO5/c1-20-13-4-3-5-14(21-2)16(13)17(19)18-9-11-6-7-12-15(8-11)23-10-22-12/h3-8H,9-10H2,1-2H3,(H,18,19). The lowest BCUT2D eigenvalue weighted by Gasteiger charge is -2.13. The van der Waals surface area contributed by atoms with Gasteiger partial charge in [0.15, 0.2) is 11.5 Å². The van der Waals surface area contributed by atoms with Crippen molar-refractivity contribution < 1.29 is 23.7 Å². The van der Waals surface area contributed by atoms with Gasteiger partial charge in [0.05, 0.1) is 14.2 Å². The minimum Gasteiger partial charge on any atom is -0.496 e. The van der Waals surface area contributed by atoms with Crippen LogP contribution < -0.4 is 24.3 Å². The number of hydrogen-bond donors (Lipinski definition) is 1. The molecule has 0 unspecified atom stereocenters. The largest absolute Gasteiger partial charge is 0.496 e. The first kappa shape index (κ1) is 15.0. The molecule has 0 aliphatic carbocycles. The van der Waals surface area contributed by atoms with Crippen LogP contribution in [0.3, 0.4) is 0 Å². The maximum atomic E-state index is 12.5. The minimum absolute atomic E-state index is 0.226. The molecule has 23 heavy (non-hydrogen) atoms. The summed E-state index contributed by atoms with van der Waals surface area (Å²) in [6.45, 7) is 0.584. The van der Waals surface area contributed by atoms with Crippen LogP contribution in [0.25, 0.3) is 0 Å². The lowest BCUT2D eigenvalue weighted by Crippen LogP contribution is -2.24. The Morgan fingerprint density at radius 1 is 1.09 bits per heavy atom. The van der Waals surface area contributed by atoms with Crippen LogP contribution in [0.15, 0.2) is 36.4 Å². The summed E-state index contributed by atoms with van der Waals surface area (Å²) in [7, 11) is 3.03. The second-order valence-electron chi connectivity index (χ2n) is 4.91. The maximum absolute atomic E-state index is 12.5. The first-order valence-electron chi connectivity index (χ1n) is 7.10. The molecular formula is C17H17NO5. The van der Waals surface area contributed by atoms with Gasteiger partial charge in [0.25, 0.3) is 5.91 Å². The second kappa shape index (κ2) is 6.48. The predicted octanol–water partition coefficient (Wildman–Crippen LogP) is 2.36. The first-order chi connectivity index (χ1) is 11.2. The zero-order valence-electron chi connectivity index (χ0n) is 12.9. The molecule has 0 atom stereocenters. The lowest BCUT2D eigenvalue weighted by molar-refractivity contribution is 0.0944. The third kappa shape index (κ3) is 3.01. The van der Waals surface area contributed by atoms with Gasteiger partial charge in [-0.1, -0.05) is 12.1 Å². The molecule has 0 spiro atoms. The highest BCUT2D eigenvalue weighted by molar-refractivity contribution is 5.99. The van der Waals surface area contributed by atoms with Crippen LogP contribution in [0.2, 0.25) is 0 Å². The fourth-order valence-electron chi connectivity index (χ4n) is 2.40. The van der Waals surface area contributed by atoms with Crippen molar-refractivity contribution in [2.24, 2.45) is 0 Å². The molecule has 1 N–H and O–H groups in total. The van der Waals surface area contributed by atoms with Gasteiger partial charge in [0, 0.05) is 6.54 Å². The van der Waals surface area contributed by atoms with Gasteiger partial charge >= 0.3 is 0 Å². The van der Waals surface area contributed by atoms with Crippen LogP contribution in [0, 0.1) is 0 Å². The summed E-state index contributed by atoms with van der Waals surface area (Å²) < 4.78 is 21.1. The highest BCUT2D eigenvalue weighted by atomic mass is 16.7. The van der Waals surface area contributed by atoms with Crippen molar-refractivity contribution in [2.45, 2.75) is 6.54 Å².